The standard InChI is InChI=1S/C16H21BrFN3O4/c1-10-9-19(5-6-20(10)15(22)25-16(2,3)4)13-8-11(17)7-12(18)14(13)21(23)24/h7-8,10H,5-6,9H2,1-4H3. The van der Waals surface area contributed by atoms with Gasteiger partial charge >= 0.3 is 11.8 Å². The number of carbonyl (C=O) groups is 1. The Morgan fingerprint density at radius 3 is 2.56 bits per heavy atom. The molecule has 9 heteroatoms. The van der Waals surface area contributed by atoms with Crippen LogP contribution in [-0.4, -0.2) is 47.2 Å². The first-order valence-electron chi connectivity index (χ1n) is 7.87. The molecule has 1 aliphatic rings. The Kier molecular flexibility index (Phi) is 5.55. The minimum atomic E-state index is -0.892. The highest BCUT2D eigenvalue weighted by atomic mass is 79.9. The molecule has 0 aromatic heterocycles. The average molecular weight is 418 g/mol. The van der Waals surface area contributed by atoms with Crippen molar-refractivity contribution in [1.29, 1.82) is 0 Å². The summed E-state index contributed by atoms with van der Waals surface area (Å²) in [5.74, 6) is -0.892. The number of rotatable bonds is 2. The first kappa shape index (κ1) is 19.4. The molecule has 1 fully saturated rings. The van der Waals surface area contributed by atoms with Crippen molar-refractivity contribution in [3.05, 3.63) is 32.5 Å². The second-order valence-electron chi connectivity index (χ2n) is 6.98. The van der Waals surface area contributed by atoms with E-state index in [1.165, 1.54) is 6.07 Å². The molecule has 0 aliphatic carbocycles. The number of hydrogen-bond donors (Lipinski definition) is 0. The van der Waals surface area contributed by atoms with Gasteiger partial charge in [0.15, 0.2) is 0 Å². The number of anilines is 1. The first-order chi connectivity index (χ1) is 11.5. The van der Waals surface area contributed by atoms with Gasteiger partial charge in [-0.1, -0.05) is 15.9 Å². The van der Waals surface area contributed by atoms with Gasteiger partial charge in [-0.15, -0.1) is 0 Å². The summed E-state index contributed by atoms with van der Waals surface area (Å²) >= 11 is 3.17. The van der Waals surface area contributed by atoms with Gasteiger partial charge in [-0.3, -0.25) is 10.1 Å². The minimum Gasteiger partial charge on any atom is -0.444 e. The maximum atomic E-state index is 14.0. The summed E-state index contributed by atoms with van der Waals surface area (Å²) in [6, 6.07) is 2.37. The topological polar surface area (TPSA) is 75.9 Å². The summed E-state index contributed by atoms with van der Waals surface area (Å²) in [6.45, 7) is 8.23. The summed E-state index contributed by atoms with van der Waals surface area (Å²) in [4.78, 5) is 26.1. The van der Waals surface area contributed by atoms with Gasteiger partial charge < -0.3 is 14.5 Å². The third kappa shape index (κ3) is 4.59. The molecule has 138 valence electrons. The molecule has 1 unspecified atom stereocenters. The van der Waals surface area contributed by atoms with Crippen LogP contribution in [0.25, 0.3) is 0 Å². The molecule has 0 radical (unpaired) electrons. The monoisotopic (exact) mass is 417 g/mol. The van der Waals surface area contributed by atoms with Gasteiger partial charge in [-0.2, -0.15) is 4.39 Å². The number of halogens is 2. The van der Waals surface area contributed by atoms with Gasteiger partial charge in [0.2, 0.25) is 5.82 Å². The van der Waals surface area contributed by atoms with E-state index in [1.54, 1.807) is 30.6 Å². The lowest BCUT2D eigenvalue weighted by atomic mass is 10.1. The molecule has 0 N–H and O–H groups in total. The molecule has 7 nitrogen and oxygen atoms in total. The van der Waals surface area contributed by atoms with Crippen LogP contribution in [0.3, 0.4) is 0 Å². The summed E-state index contributed by atoms with van der Waals surface area (Å²) in [7, 11) is 0. The molecule has 1 heterocycles. The average Bonchev–Trinajstić information content (AvgIpc) is 2.43. The van der Waals surface area contributed by atoms with Gasteiger partial charge in [0, 0.05) is 30.1 Å². The number of nitro benzene ring substituents is 1. The molecule has 0 bridgehead atoms. The van der Waals surface area contributed by atoms with Crippen LogP contribution in [0.1, 0.15) is 27.7 Å². The summed E-state index contributed by atoms with van der Waals surface area (Å²) in [6.07, 6.45) is -0.422. The van der Waals surface area contributed by atoms with Crippen molar-refractivity contribution in [2.75, 3.05) is 24.5 Å². The van der Waals surface area contributed by atoms with E-state index in [-0.39, 0.29) is 11.7 Å². The lowest BCUT2D eigenvalue weighted by Crippen LogP contribution is -2.55. The van der Waals surface area contributed by atoms with Crippen LogP contribution >= 0.6 is 15.9 Å². The number of benzene rings is 1. The van der Waals surface area contributed by atoms with Crippen molar-refractivity contribution in [3.63, 3.8) is 0 Å². The second-order valence-corrected chi connectivity index (χ2v) is 7.90. The van der Waals surface area contributed by atoms with Crippen molar-refractivity contribution >= 4 is 33.4 Å². The van der Waals surface area contributed by atoms with E-state index in [4.69, 9.17) is 4.74 Å². The zero-order valence-corrected chi connectivity index (χ0v) is 16.2. The van der Waals surface area contributed by atoms with Crippen LogP contribution < -0.4 is 4.90 Å². The van der Waals surface area contributed by atoms with Crippen molar-refractivity contribution in [1.82, 2.24) is 4.90 Å². The van der Waals surface area contributed by atoms with Crippen LogP contribution in [0.2, 0.25) is 0 Å². The molecule has 1 aromatic rings. The van der Waals surface area contributed by atoms with Gasteiger partial charge in [0.05, 0.1) is 4.92 Å². The van der Waals surface area contributed by atoms with E-state index in [2.05, 4.69) is 15.9 Å². The molecule has 2 rings (SSSR count). The minimum absolute atomic E-state index is 0.201. The molecule has 1 aromatic carbocycles. The van der Waals surface area contributed by atoms with E-state index in [9.17, 15) is 19.3 Å². The molecular weight excluding hydrogens is 397 g/mol. The zero-order chi connectivity index (χ0) is 18.9. The van der Waals surface area contributed by atoms with Gasteiger partial charge in [0.25, 0.3) is 0 Å². The molecule has 1 amide bonds. The number of nitro groups is 1. The van der Waals surface area contributed by atoms with Crippen molar-refractivity contribution < 1.29 is 18.8 Å². The number of carbonyl (C=O) groups excluding carboxylic acids is 1. The Labute approximate surface area is 154 Å². The van der Waals surface area contributed by atoms with Crippen molar-refractivity contribution in [2.24, 2.45) is 0 Å². The zero-order valence-electron chi connectivity index (χ0n) is 14.6. The second kappa shape index (κ2) is 7.15. The predicted molar refractivity (Wildman–Crippen MR) is 95.4 cm³/mol. The molecule has 1 saturated heterocycles. The summed E-state index contributed by atoms with van der Waals surface area (Å²) in [5, 5.41) is 11.2. The maximum absolute atomic E-state index is 14.0. The van der Waals surface area contributed by atoms with E-state index < -0.39 is 28.1 Å². The number of hydrogen-bond acceptors (Lipinski definition) is 5. The largest absolute Gasteiger partial charge is 0.444 e. The van der Waals surface area contributed by atoms with Gasteiger partial charge in [0.1, 0.15) is 11.3 Å². The summed E-state index contributed by atoms with van der Waals surface area (Å²) in [5.41, 5.74) is -0.950. The Hall–Kier alpha value is -1.90. The molecule has 0 spiro atoms. The predicted octanol–water partition coefficient (Wildman–Crippen LogP) is 3.94. The van der Waals surface area contributed by atoms with Gasteiger partial charge in [-0.25, -0.2) is 4.79 Å². The van der Waals surface area contributed by atoms with Crippen LogP contribution in [-0.2, 0) is 4.74 Å². The Balaban J connectivity index is 2.21. The SMILES string of the molecule is CC1CN(c2cc(Br)cc(F)c2[N+](=O)[O-])CCN1C(=O)OC(C)(C)C. The van der Waals surface area contributed by atoms with E-state index in [0.717, 1.165) is 6.07 Å². The highest BCUT2D eigenvalue weighted by Crippen LogP contribution is 2.35. The van der Waals surface area contributed by atoms with Crippen LogP contribution in [0.15, 0.2) is 16.6 Å². The van der Waals surface area contributed by atoms with Crippen LogP contribution in [0.5, 0.6) is 0 Å². The summed E-state index contributed by atoms with van der Waals surface area (Å²) < 4.78 is 19.8. The van der Waals surface area contributed by atoms with E-state index in [0.29, 0.717) is 24.1 Å². The number of ether oxygens (including phenoxy) is 1. The number of amides is 1. The normalized spacial score (nSPS) is 18.2. The Bertz CT molecular complexity index is 693. The fraction of sp³-hybridized carbons (Fsp3) is 0.562. The third-order valence-electron chi connectivity index (χ3n) is 3.79. The highest BCUT2D eigenvalue weighted by molar-refractivity contribution is 9.10. The molecule has 1 aliphatic heterocycles. The molecule has 0 saturated carbocycles. The molecular formula is C16H21BrFN3O4. The number of nitrogens with zero attached hydrogens (tertiary/aromatic N) is 3. The van der Waals surface area contributed by atoms with Crippen molar-refractivity contribution in [3.8, 4) is 0 Å². The fourth-order valence-corrected chi connectivity index (χ4v) is 3.16. The Morgan fingerprint density at radius 1 is 1.40 bits per heavy atom. The quantitative estimate of drug-likeness (QED) is 0.537. The Morgan fingerprint density at radius 2 is 2.04 bits per heavy atom. The van der Waals surface area contributed by atoms with E-state index in [1.807, 2.05) is 6.92 Å². The molecule has 1 atom stereocenters. The lowest BCUT2D eigenvalue weighted by molar-refractivity contribution is -0.386. The van der Waals surface area contributed by atoms with Crippen LogP contribution in [0, 0.1) is 15.9 Å². The van der Waals surface area contributed by atoms with Gasteiger partial charge in [-0.05, 0) is 39.8 Å². The van der Waals surface area contributed by atoms with Crippen LogP contribution in [0.4, 0.5) is 20.6 Å². The van der Waals surface area contributed by atoms with Crippen molar-refractivity contribution in [2.45, 2.75) is 39.3 Å². The lowest BCUT2D eigenvalue weighted by Gasteiger charge is -2.41. The maximum Gasteiger partial charge on any atom is 0.410 e. The smallest absolute Gasteiger partial charge is 0.410 e. The first-order valence-corrected chi connectivity index (χ1v) is 8.67. The van der Waals surface area contributed by atoms with E-state index >= 15 is 0 Å². The fourth-order valence-electron chi connectivity index (χ4n) is 2.74. The highest BCUT2D eigenvalue weighted by Gasteiger charge is 2.34. The molecule has 25 heavy (non-hydrogen) atoms. The third-order valence-corrected chi connectivity index (χ3v) is 4.24. The number of piperazine rings is 1.